The third-order valence-electron chi connectivity index (χ3n) is 8.50. The van der Waals surface area contributed by atoms with Crippen LogP contribution in [0.3, 0.4) is 0 Å². The highest BCUT2D eigenvalue weighted by Crippen LogP contribution is 2.72. The van der Waals surface area contributed by atoms with Crippen molar-refractivity contribution in [3.63, 3.8) is 0 Å². The minimum Gasteiger partial charge on any atom is -0.489 e. The van der Waals surface area contributed by atoms with E-state index in [1.54, 1.807) is 0 Å². The summed E-state index contributed by atoms with van der Waals surface area (Å²) in [5, 5.41) is 1.30. The van der Waals surface area contributed by atoms with Crippen molar-refractivity contribution in [3.05, 3.63) is 119 Å². The zero-order chi connectivity index (χ0) is 29.8. The molecule has 0 aromatic heterocycles. The molecule has 5 rings (SSSR count). The van der Waals surface area contributed by atoms with Crippen LogP contribution in [-0.4, -0.2) is 8.07 Å². The maximum absolute atomic E-state index is 8.22. The Bertz CT molecular complexity index is 1510. The molecule has 0 heterocycles. The average Bonchev–Trinajstić information content (AvgIpc) is 3.22. The van der Waals surface area contributed by atoms with Gasteiger partial charge in [-0.2, -0.15) is 0 Å². The third kappa shape index (κ3) is 5.22. The first-order chi connectivity index (χ1) is 19.2. The topological polar surface area (TPSA) is 9.23 Å². The summed E-state index contributed by atoms with van der Waals surface area (Å²) in [4.78, 5) is 0. The molecule has 0 saturated carbocycles. The second kappa shape index (κ2) is 10.7. The SMILES string of the molecule is CC(C)(C)c1cc(COc2ccccc2)c(P(Cl)C2([Si](C)(C)C)c3ccccc3-c3ccccc32)c(C(C)(C)C)c1. The van der Waals surface area contributed by atoms with Crippen LogP contribution < -0.4 is 10.0 Å². The van der Waals surface area contributed by atoms with E-state index in [2.05, 4.69) is 122 Å². The minimum atomic E-state index is -2.01. The van der Waals surface area contributed by atoms with Gasteiger partial charge in [-0.1, -0.05) is 151 Å². The minimum absolute atomic E-state index is 0.00187. The summed E-state index contributed by atoms with van der Waals surface area (Å²) in [5.74, 6) is 0.882. The lowest BCUT2D eigenvalue weighted by atomic mass is 9.79. The molecule has 0 fully saturated rings. The predicted molar refractivity (Wildman–Crippen MR) is 183 cm³/mol. The molecule has 4 heteroatoms. The Morgan fingerprint density at radius 3 is 1.71 bits per heavy atom. The van der Waals surface area contributed by atoms with Gasteiger partial charge in [-0.3, -0.25) is 0 Å². The molecule has 0 amide bonds. The summed E-state index contributed by atoms with van der Waals surface area (Å²) in [5.41, 5.74) is 9.27. The van der Waals surface area contributed by atoms with Crippen molar-refractivity contribution in [2.75, 3.05) is 0 Å². The second-order valence-electron chi connectivity index (χ2n) is 14.5. The number of ether oxygens (including phenoxy) is 1. The molecule has 1 nitrogen and oxygen atoms in total. The number of fused-ring (bicyclic) bond motifs is 3. The van der Waals surface area contributed by atoms with Gasteiger partial charge in [0.15, 0.2) is 0 Å². The zero-order valence-corrected chi connectivity index (χ0v) is 28.8. The van der Waals surface area contributed by atoms with E-state index in [9.17, 15) is 0 Å². The van der Waals surface area contributed by atoms with Crippen molar-refractivity contribution in [3.8, 4) is 16.9 Å². The van der Waals surface area contributed by atoms with Gasteiger partial charge in [-0.25, -0.2) is 0 Å². The van der Waals surface area contributed by atoms with Crippen LogP contribution >= 0.6 is 18.5 Å². The van der Waals surface area contributed by atoms with Gasteiger partial charge >= 0.3 is 0 Å². The number of benzene rings is 4. The van der Waals surface area contributed by atoms with E-state index in [0.717, 1.165) is 5.75 Å². The Kier molecular flexibility index (Phi) is 7.86. The van der Waals surface area contributed by atoms with Gasteiger partial charge in [0, 0.05) is 12.6 Å². The molecule has 0 radical (unpaired) electrons. The fourth-order valence-corrected chi connectivity index (χ4v) is 16.7. The largest absolute Gasteiger partial charge is 0.489 e. The van der Waals surface area contributed by atoms with Gasteiger partial charge in [0.1, 0.15) is 12.4 Å². The summed E-state index contributed by atoms with van der Waals surface area (Å²) in [6, 6.07) is 33.0. The summed E-state index contributed by atoms with van der Waals surface area (Å²) in [7, 11) is -3.21. The van der Waals surface area contributed by atoms with E-state index in [1.165, 1.54) is 44.2 Å². The van der Waals surface area contributed by atoms with E-state index in [-0.39, 0.29) is 15.6 Å². The van der Waals surface area contributed by atoms with Crippen molar-refractivity contribution in [2.45, 2.75) is 83.4 Å². The van der Waals surface area contributed by atoms with Crippen molar-refractivity contribution in [2.24, 2.45) is 0 Å². The highest BCUT2D eigenvalue weighted by Gasteiger charge is 2.57. The fourth-order valence-electron chi connectivity index (χ4n) is 6.41. The molecule has 0 aliphatic heterocycles. The quantitative estimate of drug-likeness (QED) is 0.158. The van der Waals surface area contributed by atoms with Gasteiger partial charge in [-0.05, 0) is 61.9 Å². The van der Waals surface area contributed by atoms with Crippen molar-refractivity contribution in [1.29, 1.82) is 0 Å². The number of hydrogen-bond acceptors (Lipinski definition) is 1. The molecule has 4 aromatic rings. The third-order valence-corrected chi connectivity index (χ3v) is 17.6. The van der Waals surface area contributed by atoms with Crippen LogP contribution in [0.5, 0.6) is 5.75 Å². The van der Waals surface area contributed by atoms with Crippen LogP contribution in [0.4, 0.5) is 0 Å². The van der Waals surface area contributed by atoms with Crippen LogP contribution in [-0.2, 0) is 22.2 Å². The lowest BCUT2D eigenvalue weighted by molar-refractivity contribution is 0.306. The molecule has 0 spiro atoms. The van der Waals surface area contributed by atoms with E-state index >= 15 is 0 Å². The molecule has 214 valence electrons. The number of rotatable bonds is 6. The van der Waals surface area contributed by atoms with Crippen LogP contribution in [0, 0.1) is 0 Å². The highest BCUT2D eigenvalue weighted by atomic mass is 35.7. The Morgan fingerprint density at radius 2 is 1.22 bits per heavy atom. The standard InChI is InChI=1S/C37H44ClOPSi/c1-35(2,3)27-23-26(25-39-28-17-11-10-12-18-28)34(33(24-27)36(4,5)6)40(38)37(41(7,8)9)31-21-15-13-19-29(31)30-20-14-16-22-32(30)37/h10-24H,25H2,1-9H3. The molecular formula is C37H44ClOPSi. The van der Waals surface area contributed by atoms with E-state index < -0.39 is 15.3 Å². The Hall–Kier alpha value is -2.38. The van der Waals surface area contributed by atoms with Crippen LogP contribution in [0.25, 0.3) is 11.1 Å². The van der Waals surface area contributed by atoms with Crippen LogP contribution in [0.2, 0.25) is 19.6 Å². The lowest BCUT2D eigenvalue weighted by Gasteiger charge is -2.47. The van der Waals surface area contributed by atoms with Gasteiger partial charge in [0.2, 0.25) is 0 Å². The Balaban J connectivity index is 1.84. The van der Waals surface area contributed by atoms with Gasteiger partial charge in [0.05, 0.1) is 12.9 Å². The van der Waals surface area contributed by atoms with E-state index in [0.29, 0.717) is 6.61 Å². The average molecular weight is 599 g/mol. The van der Waals surface area contributed by atoms with Crippen molar-refractivity contribution in [1.82, 2.24) is 0 Å². The van der Waals surface area contributed by atoms with Crippen molar-refractivity contribution < 1.29 is 4.74 Å². The molecule has 41 heavy (non-hydrogen) atoms. The molecule has 1 atom stereocenters. The summed E-state index contributed by atoms with van der Waals surface area (Å²) in [6.07, 6.45) is 0. The maximum Gasteiger partial charge on any atom is 0.119 e. The van der Waals surface area contributed by atoms with Gasteiger partial charge in [0.25, 0.3) is 0 Å². The molecule has 4 aromatic carbocycles. The molecule has 0 N–H and O–H groups in total. The molecular weight excluding hydrogens is 555 g/mol. The second-order valence-corrected chi connectivity index (χ2v) is 22.8. The molecule has 1 aliphatic carbocycles. The monoisotopic (exact) mass is 598 g/mol. The van der Waals surface area contributed by atoms with Crippen molar-refractivity contribution >= 4 is 31.9 Å². The number of halogens is 1. The maximum atomic E-state index is 8.22. The lowest BCUT2D eigenvalue weighted by Crippen LogP contribution is -2.49. The first-order valence-corrected chi connectivity index (χ1v) is 20.4. The van der Waals surface area contributed by atoms with E-state index in [4.69, 9.17) is 16.0 Å². The van der Waals surface area contributed by atoms with Gasteiger partial charge < -0.3 is 4.74 Å². The normalized spacial score (nSPS) is 15.3. The molecule has 1 aliphatic rings. The summed E-state index contributed by atoms with van der Waals surface area (Å²) < 4.78 is 6.25. The number of para-hydroxylation sites is 1. The first-order valence-electron chi connectivity index (χ1n) is 14.7. The number of hydrogen-bond donors (Lipinski definition) is 0. The summed E-state index contributed by atoms with van der Waals surface area (Å²) >= 11 is 8.22. The smallest absolute Gasteiger partial charge is 0.119 e. The molecule has 0 bridgehead atoms. The van der Waals surface area contributed by atoms with Crippen LogP contribution in [0.15, 0.2) is 91.0 Å². The Labute approximate surface area is 254 Å². The Morgan fingerprint density at radius 1 is 0.707 bits per heavy atom. The fraction of sp³-hybridized carbons (Fsp3) is 0.351. The summed E-state index contributed by atoms with van der Waals surface area (Å²) in [6.45, 7) is 21.9. The van der Waals surface area contributed by atoms with E-state index in [1.807, 2.05) is 30.3 Å². The van der Waals surface area contributed by atoms with Gasteiger partial charge in [-0.15, -0.1) is 0 Å². The predicted octanol–water partition coefficient (Wildman–Crippen LogP) is 10.9. The van der Waals surface area contributed by atoms with Crippen LogP contribution in [0.1, 0.15) is 69.4 Å². The zero-order valence-electron chi connectivity index (χ0n) is 26.1. The molecule has 1 unspecified atom stereocenters. The highest BCUT2D eigenvalue weighted by molar-refractivity contribution is 7.92. The molecule has 0 saturated heterocycles. The first kappa shape index (κ1) is 30.1.